The molecule has 0 radical (unpaired) electrons. The van der Waals surface area contributed by atoms with Crippen LogP contribution < -0.4 is 0 Å². The Morgan fingerprint density at radius 3 is 2.85 bits per heavy atom. The summed E-state index contributed by atoms with van der Waals surface area (Å²) in [5.41, 5.74) is 1.14. The molecule has 1 aromatic rings. The Kier molecular flexibility index (Phi) is 3.19. The molecule has 0 unspecified atom stereocenters. The Balaban J connectivity index is 3.11. The summed E-state index contributed by atoms with van der Waals surface area (Å²) in [7, 11) is 0. The van der Waals surface area contributed by atoms with E-state index in [1.54, 1.807) is 6.07 Å². The predicted octanol–water partition coefficient (Wildman–Crippen LogP) is 2.39. The second-order valence-electron chi connectivity index (χ2n) is 2.81. The molecule has 0 saturated carbocycles. The van der Waals surface area contributed by atoms with Crippen molar-refractivity contribution in [2.75, 3.05) is 0 Å². The van der Waals surface area contributed by atoms with E-state index in [1.165, 1.54) is 6.07 Å². The van der Waals surface area contributed by atoms with Crippen LogP contribution >= 0.6 is 12.2 Å². The second-order valence-corrected chi connectivity index (χ2v) is 3.25. The van der Waals surface area contributed by atoms with E-state index in [1.807, 2.05) is 6.92 Å². The molecule has 2 N–H and O–H groups in total. The molecule has 0 saturated heterocycles. The van der Waals surface area contributed by atoms with Crippen molar-refractivity contribution in [2.45, 2.75) is 19.8 Å². The summed E-state index contributed by atoms with van der Waals surface area (Å²) in [6.07, 6.45) is 1.79. The standard InChI is InChI=1S/C9H11NO2S/c1-2-3-7-4-6(9(11)12)5-8(13)10-7/h4-5H,2-3H2,1H3,(H,10,13)(H,11,12). The van der Waals surface area contributed by atoms with Crippen LogP contribution in [0, 0.1) is 4.64 Å². The number of aromatic carboxylic acids is 1. The minimum Gasteiger partial charge on any atom is -0.478 e. The normalized spacial score (nSPS) is 9.92. The monoisotopic (exact) mass is 197 g/mol. The summed E-state index contributed by atoms with van der Waals surface area (Å²) in [5.74, 6) is -0.933. The van der Waals surface area contributed by atoms with Gasteiger partial charge in [-0.25, -0.2) is 4.79 Å². The predicted molar refractivity (Wildman–Crippen MR) is 52.6 cm³/mol. The van der Waals surface area contributed by atoms with Crippen LogP contribution in [-0.4, -0.2) is 16.1 Å². The average molecular weight is 197 g/mol. The summed E-state index contributed by atoms with van der Waals surface area (Å²) < 4.78 is 0.475. The molecule has 0 atom stereocenters. The Morgan fingerprint density at radius 1 is 1.62 bits per heavy atom. The molecule has 4 heteroatoms. The van der Waals surface area contributed by atoms with Gasteiger partial charge < -0.3 is 10.1 Å². The first-order valence-electron chi connectivity index (χ1n) is 4.10. The highest BCUT2D eigenvalue weighted by Crippen LogP contribution is 2.05. The van der Waals surface area contributed by atoms with E-state index in [9.17, 15) is 4.79 Å². The van der Waals surface area contributed by atoms with Gasteiger partial charge in [0, 0.05) is 5.69 Å². The van der Waals surface area contributed by atoms with E-state index >= 15 is 0 Å². The van der Waals surface area contributed by atoms with Gasteiger partial charge in [-0.15, -0.1) is 0 Å². The molecule has 1 heterocycles. The summed E-state index contributed by atoms with van der Waals surface area (Å²) in [4.78, 5) is 13.6. The van der Waals surface area contributed by atoms with Crippen molar-refractivity contribution in [3.8, 4) is 0 Å². The van der Waals surface area contributed by atoms with Gasteiger partial charge in [-0.2, -0.15) is 0 Å². The third-order valence-corrected chi connectivity index (χ3v) is 1.89. The maximum atomic E-state index is 10.6. The highest BCUT2D eigenvalue weighted by atomic mass is 32.1. The molecule has 0 aromatic carbocycles. The minimum atomic E-state index is -0.933. The topological polar surface area (TPSA) is 53.1 Å². The summed E-state index contributed by atoms with van der Waals surface area (Å²) in [5, 5.41) is 8.74. The molecule has 0 bridgehead atoms. The molecular weight excluding hydrogens is 186 g/mol. The first-order chi connectivity index (χ1) is 6.13. The third-order valence-electron chi connectivity index (χ3n) is 1.67. The van der Waals surface area contributed by atoms with Crippen LogP contribution in [0.5, 0.6) is 0 Å². The molecular formula is C9H11NO2S. The molecule has 1 aromatic heterocycles. The number of carbonyl (C=O) groups is 1. The first-order valence-corrected chi connectivity index (χ1v) is 4.51. The third kappa shape index (κ3) is 2.66. The molecule has 0 aliphatic rings. The number of hydrogen-bond donors (Lipinski definition) is 2. The van der Waals surface area contributed by atoms with E-state index in [4.69, 9.17) is 17.3 Å². The van der Waals surface area contributed by atoms with Gasteiger partial charge >= 0.3 is 5.97 Å². The van der Waals surface area contributed by atoms with Crippen LogP contribution in [0.2, 0.25) is 0 Å². The zero-order valence-electron chi connectivity index (χ0n) is 7.33. The molecule has 0 amide bonds. The van der Waals surface area contributed by atoms with Crippen molar-refractivity contribution in [1.29, 1.82) is 0 Å². The van der Waals surface area contributed by atoms with Crippen LogP contribution in [-0.2, 0) is 6.42 Å². The van der Waals surface area contributed by atoms with Crippen LogP contribution in [0.15, 0.2) is 12.1 Å². The van der Waals surface area contributed by atoms with Crippen molar-refractivity contribution in [2.24, 2.45) is 0 Å². The molecule has 1 rings (SSSR count). The number of pyridine rings is 1. The lowest BCUT2D eigenvalue weighted by molar-refractivity contribution is 0.0696. The van der Waals surface area contributed by atoms with E-state index < -0.39 is 5.97 Å². The van der Waals surface area contributed by atoms with Crippen molar-refractivity contribution in [3.63, 3.8) is 0 Å². The van der Waals surface area contributed by atoms with Crippen molar-refractivity contribution < 1.29 is 9.90 Å². The van der Waals surface area contributed by atoms with E-state index in [-0.39, 0.29) is 5.56 Å². The van der Waals surface area contributed by atoms with E-state index in [2.05, 4.69) is 4.98 Å². The number of nitrogens with one attached hydrogen (secondary N) is 1. The van der Waals surface area contributed by atoms with Crippen LogP contribution in [0.25, 0.3) is 0 Å². The lowest BCUT2D eigenvalue weighted by Crippen LogP contribution is -1.99. The number of H-pyrrole nitrogens is 1. The summed E-state index contributed by atoms with van der Waals surface area (Å²) in [6.45, 7) is 2.03. The first kappa shape index (κ1) is 9.92. The number of aromatic nitrogens is 1. The Labute approximate surface area is 81.4 Å². The fourth-order valence-corrected chi connectivity index (χ4v) is 1.39. The highest BCUT2D eigenvalue weighted by Gasteiger charge is 2.03. The van der Waals surface area contributed by atoms with Crippen molar-refractivity contribution >= 4 is 18.2 Å². The molecule has 0 aliphatic carbocycles. The van der Waals surface area contributed by atoms with Crippen LogP contribution in [0.1, 0.15) is 29.4 Å². The maximum Gasteiger partial charge on any atom is 0.335 e. The van der Waals surface area contributed by atoms with Crippen molar-refractivity contribution in [1.82, 2.24) is 4.98 Å². The number of aromatic amines is 1. The van der Waals surface area contributed by atoms with Crippen LogP contribution in [0.3, 0.4) is 0 Å². The zero-order chi connectivity index (χ0) is 9.84. The fraction of sp³-hybridized carbons (Fsp3) is 0.333. The molecule has 3 nitrogen and oxygen atoms in total. The Morgan fingerprint density at radius 2 is 2.31 bits per heavy atom. The van der Waals surface area contributed by atoms with Crippen LogP contribution in [0.4, 0.5) is 0 Å². The van der Waals surface area contributed by atoms with Gasteiger partial charge in [-0.05, 0) is 18.6 Å². The fourth-order valence-electron chi connectivity index (χ4n) is 1.13. The van der Waals surface area contributed by atoms with Gasteiger partial charge in [0.25, 0.3) is 0 Å². The van der Waals surface area contributed by atoms with Gasteiger partial charge in [-0.1, -0.05) is 25.6 Å². The SMILES string of the molecule is CCCc1cc(C(=O)O)cc(=S)[nH]1. The van der Waals surface area contributed by atoms with E-state index in [0.29, 0.717) is 4.64 Å². The zero-order valence-corrected chi connectivity index (χ0v) is 8.15. The number of aryl methyl sites for hydroxylation is 1. The van der Waals surface area contributed by atoms with Gasteiger partial charge in [0.2, 0.25) is 0 Å². The molecule has 0 fully saturated rings. The Hall–Kier alpha value is -1.16. The molecule has 70 valence electrons. The van der Waals surface area contributed by atoms with Gasteiger partial charge in [0.15, 0.2) is 0 Å². The largest absolute Gasteiger partial charge is 0.478 e. The minimum absolute atomic E-state index is 0.257. The maximum absolute atomic E-state index is 10.6. The number of hydrogen-bond acceptors (Lipinski definition) is 2. The summed E-state index contributed by atoms with van der Waals surface area (Å²) in [6, 6.07) is 3.08. The highest BCUT2D eigenvalue weighted by molar-refractivity contribution is 7.71. The summed E-state index contributed by atoms with van der Waals surface area (Å²) >= 11 is 4.90. The molecule has 0 aliphatic heterocycles. The Bertz CT molecular complexity index is 370. The average Bonchev–Trinajstić information content (AvgIpc) is 2.03. The van der Waals surface area contributed by atoms with Gasteiger partial charge in [0.05, 0.1) is 5.56 Å². The van der Waals surface area contributed by atoms with Crippen molar-refractivity contribution in [3.05, 3.63) is 28.0 Å². The van der Waals surface area contributed by atoms with Gasteiger partial charge in [-0.3, -0.25) is 0 Å². The molecule has 0 spiro atoms. The lowest BCUT2D eigenvalue weighted by Gasteiger charge is -2.00. The molecule has 13 heavy (non-hydrogen) atoms. The van der Waals surface area contributed by atoms with E-state index in [0.717, 1.165) is 18.5 Å². The quantitative estimate of drug-likeness (QED) is 0.731. The number of carboxylic acid groups (broad SMARTS) is 1. The lowest BCUT2D eigenvalue weighted by atomic mass is 10.2. The second kappa shape index (κ2) is 4.18. The number of rotatable bonds is 3. The number of carboxylic acids is 1. The van der Waals surface area contributed by atoms with Gasteiger partial charge in [0.1, 0.15) is 4.64 Å². The smallest absolute Gasteiger partial charge is 0.335 e.